The van der Waals surface area contributed by atoms with Crippen LogP contribution in [0.1, 0.15) is 30.4 Å². The van der Waals surface area contributed by atoms with Gasteiger partial charge in [0.25, 0.3) is 0 Å². The summed E-state index contributed by atoms with van der Waals surface area (Å²) in [6.45, 7) is 3.57. The van der Waals surface area contributed by atoms with E-state index >= 15 is 0 Å². The van der Waals surface area contributed by atoms with E-state index in [-0.39, 0.29) is 5.92 Å². The molecule has 0 aromatic heterocycles. The van der Waals surface area contributed by atoms with Crippen LogP contribution >= 0.6 is 0 Å². The molecular formula is C17H23NO3. The molecule has 1 saturated heterocycles. The van der Waals surface area contributed by atoms with Gasteiger partial charge in [-0.15, -0.1) is 0 Å². The highest BCUT2D eigenvalue weighted by Crippen LogP contribution is 2.26. The van der Waals surface area contributed by atoms with Crippen molar-refractivity contribution in [3.05, 3.63) is 29.3 Å². The molecule has 4 heteroatoms. The number of piperidine rings is 1. The van der Waals surface area contributed by atoms with E-state index in [1.165, 1.54) is 11.1 Å². The van der Waals surface area contributed by atoms with Gasteiger partial charge in [-0.25, -0.2) is 0 Å². The molecule has 0 bridgehead atoms. The number of carboxylic acid groups (broad SMARTS) is 1. The van der Waals surface area contributed by atoms with Crippen molar-refractivity contribution in [1.29, 1.82) is 0 Å². The van der Waals surface area contributed by atoms with Gasteiger partial charge in [0.1, 0.15) is 5.75 Å². The van der Waals surface area contributed by atoms with Crippen molar-refractivity contribution in [2.45, 2.75) is 32.1 Å². The number of rotatable bonds is 5. The lowest BCUT2D eigenvalue weighted by molar-refractivity contribution is -0.143. The van der Waals surface area contributed by atoms with Crippen LogP contribution in [0.15, 0.2) is 18.2 Å². The summed E-state index contributed by atoms with van der Waals surface area (Å²) in [5.41, 5.74) is 2.70. The smallest absolute Gasteiger partial charge is 0.307 e. The van der Waals surface area contributed by atoms with E-state index in [9.17, 15) is 4.79 Å². The fourth-order valence-electron chi connectivity index (χ4n) is 3.36. The molecule has 0 aliphatic carbocycles. The first kappa shape index (κ1) is 14.4. The molecule has 114 valence electrons. The summed E-state index contributed by atoms with van der Waals surface area (Å²) in [4.78, 5) is 13.4. The first-order valence-electron chi connectivity index (χ1n) is 7.92. The number of ether oxygens (including phenoxy) is 1. The van der Waals surface area contributed by atoms with Crippen LogP contribution < -0.4 is 4.74 Å². The molecule has 2 heterocycles. The molecule has 2 aliphatic heterocycles. The lowest BCUT2D eigenvalue weighted by Crippen LogP contribution is -2.39. The molecule has 21 heavy (non-hydrogen) atoms. The topological polar surface area (TPSA) is 49.8 Å². The van der Waals surface area contributed by atoms with Crippen molar-refractivity contribution in [3.8, 4) is 5.75 Å². The van der Waals surface area contributed by atoms with Crippen LogP contribution in [0.2, 0.25) is 0 Å². The summed E-state index contributed by atoms with van der Waals surface area (Å²) >= 11 is 0. The van der Waals surface area contributed by atoms with Crippen molar-refractivity contribution in [2.75, 3.05) is 26.2 Å². The molecule has 4 nitrogen and oxygen atoms in total. The molecule has 0 radical (unpaired) electrons. The minimum absolute atomic E-state index is 0.170. The summed E-state index contributed by atoms with van der Waals surface area (Å²) < 4.78 is 5.52. The number of aliphatic carboxylic acids is 1. The molecule has 2 aliphatic rings. The highest BCUT2D eigenvalue weighted by Gasteiger charge is 2.24. The van der Waals surface area contributed by atoms with Crippen LogP contribution in [-0.2, 0) is 17.6 Å². The molecule has 0 saturated carbocycles. The van der Waals surface area contributed by atoms with Gasteiger partial charge in [0, 0.05) is 13.0 Å². The summed E-state index contributed by atoms with van der Waals surface area (Å²) in [6, 6.07) is 6.50. The van der Waals surface area contributed by atoms with Gasteiger partial charge in [-0.05, 0) is 56.0 Å². The molecule has 0 spiro atoms. The molecule has 1 fully saturated rings. The van der Waals surface area contributed by atoms with Crippen LogP contribution in [0, 0.1) is 5.92 Å². The Hall–Kier alpha value is -1.55. The molecule has 1 atom stereocenters. The predicted molar refractivity (Wildman–Crippen MR) is 80.8 cm³/mol. The van der Waals surface area contributed by atoms with E-state index in [0.29, 0.717) is 6.54 Å². The predicted octanol–water partition coefficient (Wildman–Crippen LogP) is 2.35. The van der Waals surface area contributed by atoms with Crippen LogP contribution in [0.25, 0.3) is 0 Å². The number of carbonyl (C=O) groups is 1. The first-order valence-corrected chi connectivity index (χ1v) is 7.92. The molecule has 0 amide bonds. The fraction of sp³-hybridized carbons (Fsp3) is 0.588. The lowest BCUT2D eigenvalue weighted by Gasteiger charge is -2.30. The maximum absolute atomic E-state index is 11.1. The van der Waals surface area contributed by atoms with Crippen LogP contribution in [-0.4, -0.2) is 42.2 Å². The van der Waals surface area contributed by atoms with Crippen LogP contribution in [0.3, 0.4) is 0 Å². The van der Waals surface area contributed by atoms with Gasteiger partial charge in [-0.2, -0.15) is 0 Å². The largest absolute Gasteiger partial charge is 0.493 e. The summed E-state index contributed by atoms with van der Waals surface area (Å²) in [5, 5.41) is 9.11. The minimum atomic E-state index is -0.640. The Balaban J connectivity index is 1.46. The van der Waals surface area contributed by atoms with Crippen molar-refractivity contribution in [3.63, 3.8) is 0 Å². The van der Waals surface area contributed by atoms with Crippen molar-refractivity contribution >= 4 is 5.97 Å². The van der Waals surface area contributed by atoms with Crippen molar-refractivity contribution in [2.24, 2.45) is 5.92 Å². The number of nitrogens with zero attached hydrogens (tertiary/aromatic N) is 1. The van der Waals surface area contributed by atoms with E-state index in [0.717, 1.165) is 57.6 Å². The Morgan fingerprint density at radius 1 is 1.43 bits per heavy atom. The van der Waals surface area contributed by atoms with Gasteiger partial charge in [0.05, 0.1) is 12.5 Å². The standard InChI is InChI=1S/C17H23NO3/c19-17(20)15-4-2-9-18(12-15)8-1-3-13-5-6-16-14(11-13)7-10-21-16/h5-6,11,15H,1-4,7-10,12H2,(H,19,20). The average molecular weight is 289 g/mol. The van der Waals surface area contributed by atoms with Crippen molar-refractivity contribution in [1.82, 2.24) is 4.90 Å². The Morgan fingerprint density at radius 3 is 3.19 bits per heavy atom. The number of likely N-dealkylation sites (tertiary alicyclic amines) is 1. The number of carboxylic acids is 1. The van der Waals surface area contributed by atoms with Gasteiger partial charge in [-0.3, -0.25) is 4.79 Å². The zero-order valence-electron chi connectivity index (χ0n) is 12.4. The van der Waals surface area contributed by atoms with E-state index in [4.69, 9.17) is 9.84 Å². The zero-order valence-corrected chi connectivity index (χ0v) is 12.4. The monoisotopic (exact) mass is 289 g/mol. The number of fused-ring (bicyclic) bond motifs is 1. The maximum atomic E-state index is 11.1. The lowest BCUT2D eigenvalue weighted by atomic mass is 9.98. The second-order valence-electron chi connectivity index (χ2n) is 6.12. The molecule has 1 N–H and O–H groups in total. The Morgan fingerprint density at radius 2 is 2.33 bits per heavy atom. The number of benzene rings is 1. The van der Waals surface area contributed by atoms with Crippen LogP contribution in [0.5, 0.6) is 5.75 Å². The second-order valence-corrected chi connectivity index (χ2v) is 6.12. The third kappa shape index (κ3) is 3.56. The third-order valence-corrected chi connectivity index (χ3v) is 4.55. The molecule has 3 rings (SSSR count). The van der Waals surface area contributed by atoms with Crippen molar-refractivity contribution < 1.29 is 14.6 Å². The summed E-state index contributed by atoms with van der Waals surface area (Å²) in [6.07, 6.45) is 5.01. The SMILES string of the molecule is O=C(O)C1CCCN(CCCc2ccc3c(c2)CCO3)C1. The van der Waals surface area contributed by atoms with Gasteiger partial charge in [-0.1, -0.05) is 12.1 Å². The summed E-state index contributed by atoms with van der Waals surface area (Å²) in [7, 11) is 0. The van der Waals surface area contributed by atoms with E-state index in [1.54, 1.807) is 0 Å². The van der Waals surface area contributed by atoms with Crippen LogP contribution in [0.4, 0.5) is 0 Å². The number of aryl methyl sites for hydroxylation is 1. The minimum Gasteiger partial charge on any atom is -0.493 e. The van der Waals surface area contributed by atoms with Gasteiger partial charge in [0.15, 0.2) is 0 Å². The molecular weight excluding hydrogens is 266 g/mol. The van der Waals surface area contributed by atoms with Gasteiger partial charge >= 0.3 is 5.97 Å². The highest BCUT2D eigenvalue weighted by atomic mass is 16.5. The first-order chi connectivity index (χ1) is 10.2. The summed E-state index contributed by atoms with van der Waals surface area (Å²) in [5.74, 6) is 0.230. The number of hydrogen-bond acceptors (Lipinski definition) is 3. The fourth-order valence-corrected chi connectivity index (χ4v) is 3.36. The van der Waals surface area contributed by atoms with E-state index < -0.39 is 5.97 Å². The molecule has 1 unspecified atom stereocenters. The Labute approximate surface area is 125 Å². The highest BCUT2D eigenvalue weighted by molar-refractivity contribution is 5.70. The Kier molecular flexibility index (Phi) is 4.44. The normalized spacial score (nSPS) is 21.8. The second kappa shape index (κ2) is 6.48. The van der Waals surface area contributed by atoms with Gasteiger partial charge in [0.2, 0.25) is 0 Å². The van der Waals surface area contributed by atoms with E-state index in [1.807, 2.05) is 0 Å². The third-order valence-electron chi connectivity index (χ3n) is 4.55. The molecule has 1 aromatic carbocycles. The molecule has 1 aromatic rings. The van der Waals surface area contributed by atoms with E-state index in [2.05, 4.69) is 23.1 Å². The average Bonchev–Trinajstić information content (AvgIpc) is 2.95. The maximum Gasteiger partial charge on any atom is 0.307 e. The zero-order chi connectivity index (χ0) is 14.7. The van der Waals surface area contributed by atoms with Gasteiger partial charge < -0.3 is 14.7 Å². The number of hydrogen-bond donors (Lipinski definition) is 1. The quantitative estimate of drug-likeness (QED) is 0.904. The Bertz CT molecular complexity index is 515.